The Morgan fingerprint density at radius 1 is 1.26 bits per heavy atom. The van der Waals surface area contributed by atoms with Gasteiger partial charge in [0.25, 0.3) is 0 Å². The van der Waals surface area contributed by atoms with E-state index in [1.165, 1.54) is 6.92 Å². The van der Waals surface area contributed by atoms with Gasteiger partial charge in [0.2, 0.25) is 5.91 Å². The molecule has 0 bridgehead atoms. The topological polar surface area (TPSA) is 81.9 Å². The third-order valence-electron chi connectivity index (χ3n) is 5.81. The second-order valence-corrected chi connectivity index (χ2v) is 8.46. The molecule has 6 nitrogen and oxygen atoms in total. The standard InChI is InChI=1S/C21H26F4N2O4/c1-3-14-4-18(17(22)5-16(14)21(23,24)25)30-10-13-8-27(9-13)19(29)15-6-20(26,7-15)11-31-12(2)28/h4-5,13,15H,3,6-11,26H2,1-2H3/t15-,20+. The summed E-state index contributed by atoms with van der Waals surface area (Å²) in [7, 11) is 0. The van der Waals surface area contributed by atoms with Gasteiger partial charge >= 0.3 is 12.1 Å². The minimum atomic E-state index is -4.62. The summed E-state index contributed by atoms with van der Waals surface area (Å²) in [6.45, 7) is 3.91. The average Bonchev–Trinajstić information content (AvgIpc) is 2.62. The molecule has 2 fully saturated rings. The molecule has 0 radical (unpaired) electrons. The highest BCUT2D eigenvalue weighted by molar-refractivity contribution is 5.81. The summed E-state index contributed by atoms with van der Waals surface area (Å²) in [6.07, 6.45) is -3.65. The molecule has 1 aliphatic carbocycles. The van der Waals surface area contributed by atoms with E-state index in [1.807, 2.05) is 0 Å². The number of benzene rings is 1. The van der Waals surface area contributed by atoms with Crippen molar-refractivity contribution in [3.8, 4) is 5.75 Å². The van der Waals surface area contributed by atoms with Crippen LogP contribution in [0.4, 0.5) is 17.6 Å². The van der Waals surface area contributed by atoms with Gasteiger partial charge in [-0.2, -0.15) is 13.2 Å². The number of amides is 1. The molecule has 0 unspecified atom stereocenters. The van der Waals surface area contributed by atoms with E-state index in [0.717, 1.165) is 6.07 Å². The first-order chi connectivity index (χ1) is 14.4. The molecule has 1 saturated carbocycles. The highest BCUT2D eigenvalue weighted by atomic mass is 19.4. The molecule has 1 saturated heterocycles. The van der Waals surface area contributed by atoms with E-state index in [2.05, 4.69) is 0 Å². The van der Waals surface area contributed by atoms with Crippen LogP contribution < -0.4 is 10.5 Å². The molecule has 1 aliphatic heterocycles. The third kappa shape index (κ3) is 5.28. The molecule has 2 N–H and O–H groups in total. The lowest BCUT2D eigenvalue weighted by atomic mass is 9.68. The number of nitrogens with zero attached hydrogens (tertiary/aromatic N) is 1. The Morgan fingerprint density at radius 2 is 1.90 bits per heavy atom. The lowest BCUT2D eigenvalue weighted by Gasteiger charge is -2.48. The number of alkyl halides is 3. The molecule has 31 heavy (non-hydrogen) atoms. The Bertz CT molecular complexity index is 847. The smallest absolute Gasteiger partial charge is 0.416 e. The van der Waals surface area contributed by atoms with Gasteiger partial charge in [-0.15, -0.1) is 0 Å². The molecule has 3 rings (SSSR count). The molecule has 0 aromatic heterocycles. The number of hydrogen-bond acceptors (Lipinski definition) is 5. The van der Waals surface area contributed by atoms with Crippen molar-refractivity contribution in [2.24, 2.45) is 17.6 Å². The molecular weight excluding hydrogens is 420 g/mol. The largest absolute Gasteiger partial charge is 0.490 e. The molecule has 172 valence electrons. The Kier molecular flexibility index (Phi) is 6.50. The molecule has 10 heteroatoms. The van der Waals surface area contributed by atoms with Crippen LogP contribution in [-0.2, 0) is 26.9 Å². The fourth-order valence-electron chi connectivity index (χ4n) is 4.04. The van der Waals surface area contributed by atoms with E-state index in [1.54, 1.807) is 11.8 Å². The second kappa shape index (κ2) is 8.64. The van der Waals surface area contributed by atoms with Crippen molar-refractivity contribution < 1.29 is 36.6 Å². The SMILES string of the molecule is CCc1cc(OCC2CN(C(=O)[C@H]3C[C@](N)(COC(C)=O)C3)C2)c(F)cc1C(F)(F)F. The van der Waals surface area contributed by atoms with Gasteiger partial charge in [-0.25, -0.2) is 4.39 Å². The lowest BCUT2D eigenvalue weighted by molar-refractivity contribution is -0.152. The maximum absolute atomic E-state index is 14.1. The molecule has 0 atom stereocenters. The van der Waals surface area contributed by atoms with E-state index >= 15 is 0 Å². The highest BCUT2D eigenvalue weighted by Crippen LogP contribution is 2.39. The van der Waals surface area contributed by atoms with Gasteiger partial charge in [0.1, 0.15) is 6.61 Å². The molecular formula is C21H26F4N2O4. The fraction of sp³-hybridized carbons (Fsp3) is 0.619. The number of nitrogens with two attached hydrogens (primary N) is 1. The van der Waals surface area contributed by atoms with Crippen LogP contribution in [0.15, 0.2) is 12.1 Å². The minimum absolute atomic E-state index is 0.0283. The maximum Gasteiger partial charge on any atom is 0.416 e. The summed E-state index contributed by atoms with van der Waals surface area (Å²) in [5.41, 5.74) is 4.39. The third-order valence-corrected chi connectivity index (χ3v) is 5.81. The zero-order valence-electron chi connectivity index (χ0n) is 17.4. The van der Waals surface area contributed by atoms with Crippen molar-refractivity contribution >= 4 is 11.9 Å². The Morgan fingerprint density at radius 3 is 2.45 bits per heavy atom. The quantitative estimate of drug-likeness (QED) is 0.515. The van der Waals surface area contributed by atoms with E-state index < -0.39 is 29.1 Å². The fourth-order valence-corrected chi connectivity index (χ4v) is 4.04. The number of ether oxygens (including phenoxy) is 2. The van der Waals surface area contributed by atoms with E-state index in [-0.39, 0.29) is 48.7 Å². The van der Waals surface area contributed by atoms with Gasteiger partial charge in [0.15, 0.2) is 11.6 Å². The number of aryl methyl sites for hydroxylation is 1. The van der Waals surface area contributed by atoms with Crippen molar-refractivity contribution in [1.82, 2.24) is 4.90 Å². The molecule has 1 aromatic rings. The first kappa shape index (κ1) is 23.3. The molecule has 2 aliphatic rings. The van der Waals surface area contributed by atoms with Crippen LogP contribution in [0, 0.1) is 17.7 Å². The number of likely N-dealkylation sites (tertiary alicyclic amines) is 1. The predicted molar refractivity (Wildman–Crippen MR) is 103 cm³/mol. The summed E-state index contributed by atoms with van der Waals surface area (Å²) in [5.74, 6) is -1.97. The van der Waals surface area contributed by atoms with Gasteiger partial charge < -0.3 is 20.1 Å². The number of carbonyl (C=O) groups excluding carboxylic acids is 2. The van der Waals surface area contributed by atoms with Crippen LogP contribution in [0.25, 0.3) is 0 Å². The zero-order chi connectivity index (χ0) is 23.0. The van der Waals surface area contributed by atoms with Gasteiger partial charge in [-0.3, -0.25) is 9.59 Å². The highest BCUT2D eigenvalue weighted by Gasteiger charge is 2.48. The van der Waals surface area contributed by atoms with E-state index in [0.29, 0.717) is 32.0 Å². The number of hydrogen-bond donors (Lipinski definition) is 1. The molecule has 1 heterocycles. The van der Waals surface area contributed by atoms with Gasteiger partial charge in [0, 0.05) is 31.8 Å². The lowest BCUT2D eigenvalue weighted by Crippen LogP contribution is -2.62. The Labute approximate surface area is 177 Å². The van der Waals surface area contributed by atoms with Crippen LogP contribution >= 0.6 is 0 Å². The van der Waals surface area contributed by atoms with Crippen molar-refractivity contribution in [2.75, 3.05) is 26.3 Å². The summed E-state index contributed by atoms with van der Waals surface area (Å²) in [5, 5.41) is 0. The van der Waals surface area contributed by atoms with Crippen molar-refractivity contribution in [3.63, 3.8) is 0 Å². The average molecular weight is 446 g/mol. The summed E-state index contributed by atoms with van der Waals surface area (Å²) in [4.78, 5) is 25.0. The first-order valence-corrected chi connectivity index (χ1v) is 10.2. The van der Waals surface area contributed by atoms with Crippen LogP contribution in [0.3, 0.4) is 0 Å². The predicted octanol–water partition coefficient (Wildman–Crippen LogP) is 2.91. The van der Waals surface area contributed by atoms with Crippen LogP contribution in [0.1, 0.15) is 37.8 Å². The maximum atomic E-state index is 14.1. The summed E-state index contributed by atoms with van der Waals surface area (Å²) >= 11 is 0. The van der Waals surface area contributed by atoms with Crippen LogP contribution in [0.2, 0.25) is 0 Å². The minimum Gasteiger partial charge on any atom is -0.490 e. The van der Waals surface area contributed by atoms with E-state index in [9.17, 15) is 27.2 Å². The number of rotatable bonds is 7. The van der Waals surface area contributed by atoms with Gasteiger partial charge in [-0.05, 0) is 37.0 Å². The molecule has 1 aromatic carbocycles. The number of halogens is 4. The van der Waals surface area contributed by atoms with Crippen molar-refractivity contribution in [3.05, 3.63) is 29.1 Å². The Balaban J connectivity index is 1.46. The molecule has 0 spiro atoms. The van der Waals surface area contributed by atoms with Gasteiger partial charge in [-0.1, -0.05) is 6.92 Å². The monoisotopic (exact) mass is 446 g/mol. The van der Waals surface area contributed by atoms with Crippen LogP contribution in [-0.4, -0.2) is 48.6 Å². The second-order valence-electron chi connectivity index (χ2n) is 8.46. The first-order valence-electron chi connectivity index (χ1n) is 10.2. The van der Waals surface area contributed by atoms with Crippen LogP contribution in [0.5, 0.6) is 5.75 Å². The van der Waals surface area contributed by atoms with Crippen molar-refractivity contribution in [2.45, 2.75) is 44.8 Å². The summed E-state index contributed by atoms with van der Waals surface area (Å²) < 4.78 is 63.4. The number of carbonyl (C=O) groups is 2. The summed E-state index contributed by atoms with van der Waals surface area (Å²) in [6, 6.07) is 1.56. The number of esters is 1. The van der Waals surface area contributed by atoms with Crippen molar-refractivity contribution in [1.29, 1.82) is 0 Å². The van der Waals surface area contributed by atoms with Gasteiger partial charge in [0.05, 0.1) is 17.7 Å². The Hall–Kier alpha value is -2.36. The normalized spacial score (nSPS) is 23.7. The van der Waals surface area contributed by atoms with E-state index in [4.69, 9.17) is 15.2 Å². The zero-order valence-corrected chi connectivity index (χ0v) is 17.4. The molecule has 1 amide bonds.